The minimum absolute atomic E-state index is 0.803. The van der Waals surface area contributed by atoms with E-state index in [-0.39, 0.29) is 0 Å². The molecule has 1 N–H and O–H groups in total. The molecule has 0 radical (unpaired) electrons. The fraction of sp³-hybridized carbons (Fsp3) is 0.500. The van der Waals surface area contributed by atoms with Gasteiger partial charge in [-0.2, -0.15) is 0 Å². The molecule has 2 aliphatic rings. The van der Waals surface area contributed by atoms with Crippen LogP contribution >= 0.6 is 0 Å². The quantitative estimate of drug-likeness (QED) is 0.798. The summed E-state index contributed by atoms with van der Waals surface area (Å²) in [6, 6.07) is 7.82. The van der Waals surface area contributed by atoms with E-state index in [1.54, 1.807) is 0 Å². The van der Waals surface area contributed by atoms with Gasteiger partial charge in [-0.1, -0.05) is 24.3 Å². The van der Waals surface area contributed by atoms with Crippen LogP contribution in [-0.2, 0) is 19.5 Å². The van der Waals surface area contributed by atoms with E-state index < -0.39 is 0 Å². The Bertz CT molecular complexity index is 435. The number of nitrogens with one attached hydrogen (secondary N) is 1. The minimum atomic E-state index is 0.803. The summed E-state index contributed by atoms with van der Waals surface area (Å²) in [5, 5.41) is 3.45. The summed E-state index contributed by atoms with van der Waals surface area (Å²) in [5.41, 5.74) is 4.47. The molecule has 0 aromatic heterocycles. The van der Waals surface area contributed by atoms with Crippen LogP contribution in [0.4, 0.5) is 0 Å². The average Bonchev–Trinajstić information content (AvgIpc) is 3.22. The van der Waals surface area contributed by atoms with E-state index in [0.717, 1.165) is 32.2 Å². The topological polar surface area (TPSA) is 15.3 Å². The van der Waals surface area contributed by atoms with Gasteiger partial charge in [-0.3, -0.25) is 4.90 Å². The highest BCUT2D eigenvalue weighted by Gasteiger charge is 2.28. The second-order valence-electron chi connectivity index (χ2n) is 5.48. The van der Waals surface area contributed by atoms with Gasteiger partial charge in [0.2, 0.25) is 0 Å². The van der Waals surface area contributed by atoms with Gasteiger partial charge in [-0.25, -0.2) is 0 Å². The van der Waals surface area contributed by atoms with Gasteiger partial charge in [0.05, 0.1) is 0 Å². The van der Waals surface area contributed by atoms with Crippen LogP contribution in [0.1, 0.15) is 29.5 Å². The molecule has 0 bridgehead atoms. The molecule has 1 heterocycles. The summed E-state index contributed by atoms with van der Waals surface area (Å²) in [7, 11) is 0. The fourth-order valence-corrected chi connectivity index (χ4v) is 2.81. The monoisotopic (exact) mass is 242 g/mol. The summed E-state index contributed by atoms with van der Waals surface area (Å²) < 4.78 is 0. The third-order valence-corrected chi connectivity index (χ3v) is 3.97. The highest BCUT2D eigenvalue weighted by Crippen LogP contribution is 2.28. The Balaban J connectivity index is 1.73. The zero-order valence-corrected chi connectivity index (χ0v) is 11.0. The van der Waals surface area contributed by atoms with Gasteiger partial charge >= 0.3 is 0 Å². The van der Waals surface area contributed by atoms with Gasteiger partial charge in [0, 0.05) is 25.7 Å². The molecule has 3 rings (SSSR count). The molecule has 1 saturated carbocycles. The molecular weight excluding hydrogens is 220 g/mol. The molecule has 96 valence electrons. The molecule has 0 unspecified atom stereocenters. The van der Waals surface area contributed by atoms with Crippen molar-refractivity contribution in [3.63, 3.8) is 0 Å². The predicted octanol–water partition coefficient (Wildman–Crippen LogP) is 2.48. The van der Waals surface area contributed by atoms with Gasteiger partial charge in [0.15, 0.2) is 0 Å². The number of fused-ring (bicyclic) bond motifs is 1. The maximum Gasteiger partial charge on any atom is 0.0240 e. The normalized spacial score (nSPS) is 18.7. The minimum Gasteiger partial charge on any atom is -0.312 e. The molecule has 0 atom stereocenters. The van der Waals surface area contributed by atoms with Crippen LogP contribution in [-0.4, -0.2) is 24.0 Å². The van der Waals surface area contributed by atoms with Gasteiger partial charge in [0.25, 0.3) is 0 Å². The second-order valence-corrected chi connectivity index (χ2v) is 5.48. The first-order valence-electron chi connectivity index (χ1n) is 7.03. The van der Waals surface area contributed by atoms with Crippen LogP contribution < -0.4 is 5.32 Å². The third-order valence-electron chi connectivity index (χ3n) is 3.97. The van der Waals surface area contributed by atoms with Crippen molar-refractivity contribution in [3.8, 4) is 0 Å². The summed E-state index contributed by atoms with van der Waals surface area (Å²) in [6.45, 7) is 8.12. The van der Waals surface area contributed by atoms with E-state index in [0.29, 0.717) is 0 Å². The third kappa shape index (κ3) is 2.65. The van der Waals surface area contributed by atoms with E-state index in [2.05, 4.69) is 35.0 Å². The Kier molecular flexibility index (Phi) is 3.48. The van der Waals surface area contributed by atoms with E-state index >= 15 is 0 Å². The molecule has 2 heteroatoms. The lowest BCUT2D eigenvalue weighted by atomic mass is 9.98. The Morgan fingerprint density at radius 3 is 3.00 bits per heavy atom. The number of nitrogens with zero attached hydrogens (tertiary/aromatic N) is 1. The Morgan fingerprint density at radius 1 is 1.33 bits per heavy atom. The highest BCUT2D eigenvalue weighted by molar-refractivity contribution is 5.33. The Hall–Kier alpha value is -1.12. The summed E-state index contributed by atoms with van der Waals surface area (Å²) in [4.78, 5) is 2.55. The maximum atomic E-state index is 3.87. The van der Waals surface area contributed by atoms with E-state index in [1.165, 1.54) is 36.0 Å². The molecule has 1 aromatic carbocycles. The molecule has 2 nitrogen and oxygen atoms in total. The van der Waals surface area contributed by atoms with Crippen LogP contribution in [0.2, 0.25) is 0 Å². The molecule has 1 aromatic rings. The lowest BCUT2D eigenvalue weighted by molar-refractivity contribution is 0.283. The van der Waals surface area contributed by atoms with Crippen molar-refractivity contribution in [1.29, 1.82) is 0 Å². The highest BCUT2D eigenvalue weighted by atomic mass is 15.2. The maximum absolute atomic E-state index is 3.87. The standard InChI is InChI=1S/C16H22N2/c1-2-9-18(16-5-6-16)12-13-3-4-14-7-8-17-11-15(14)10-13/h2-4,10,16-17H,1,5-9,11-12H2. The van der Waals surface area contributed by atoms with E-state index in [9.17, 15) is 0 Å². The fourth-order valence-electron chi connectivity index (χ4n) is 2.81. The summed E-state index contributed by atoms with van der Waals surface area (Å²) >= 11 is 0. The first kappa shape index (κ1) is 11.9. The van der Waals surface area contributed by atoms with Gasteiger partial charge < -0.3 is 5.32 Å². The van der Waals surface area contributed by atoms with Crippen molar-refractivity contribution in [2.45, 2.75) is 38.4 Å². The summed E-state index contributed by atoms with van der Waals surface area (Å²) in [5.74, 6) is 0. The smallest absolute Gasteiger partial charge is 0.0240 e. The van der Waals surface area contributed by atoms with Crippen LogP contribution in [0, 0.1) is 0 Å². The molecule has 0 saturated heterocycles. The number of hydrogen-bond donors (Lipinski definition) is 1. The number of hydrogen-bond acceptors (Lipinski definition) is 2. The van der Waals surface area contributed by atoms with Crippen molar-refractivity contribution >= 4 is 0 Å². The molecule has 0 spiro atoms. The first-order chi connectivity index (χ1) is 8.86. The van der Waals surface area contributed by atoms with Crippen molar-refractivity contribution in [3.05, 3.63) is 47.5 Å². The van der Waals surface area contributed by atoms with Gasteiger partial charge in [-0.05, 0) is 42.5 Å². The van der Waals surface area contributed by atoms with Crippen molar-refractivity contribution in [1.82, 2.24) is 10.2 Å². The van der Waals surface area contributed by atoms with Crippen molar-refractivity contribution in [2.24, 2.45) is 0 Å². The lowest BCUT2D eigenvalue weighted by Gasteiger charge is -2.22. The molecule has 1 aliphatic heterocycles. The SMILES string of the molecule is C=CCN(Cc1ccc2c(c1)CNCC2)C1CC1. The van der Waals surface area contributed by atoms with E-state index in [1.807, 2.05) is 6.08 Å². The van der Waals surface area contributed by atoms with Crippen LogP contribution in [0.3, 0.4) is 0 Å². The molecular formula is C16H22N2. The van der Waals surface area contributed by atoms with E-state index in [4.69, 9.17) is 0 Å². The van der Waals surface area contributed by atoms with Crippen LogP contribution in [0.5, 0.6) is 0 Å². The zero-order chi connectivity index (χ0) is 12.4. The molecule has 18 heavy (non-hydrogen) atoms. The van der Waals surface area contributed by atoms with Gasteiger partial charge in [0.1, 0.15) is 0 Å². The second kappa shape index (κ2) is 5.25. The number of rotatable bonds is 5. The molecule has 0 amide bonds. The number of benzene rings is 1. The average molecular weight is 242 g/mol. The van der Waals surface area contributed by atoms with Crippen molar-refractivity contribution < 1.29 is 0 Å². The zero-order valence-electron chi connectivity index (χ0n) is 11.0. The largest absolute Gasteiger partial charge is 0.312 e. The Morgan fingerprint density at radius 2 is 2.22 bits per heavy atom. The first-order valence-corrected chi connectivity index (χ1v) is 7.03. The molecule has 1 fully saturated rings. The summed E-state index contributed by atoms with van der Waals surface area (Å²) in [6.07, 6.45) is 5.92. The van der Waals surface area contributed by atoms with Crippen LogP contribution in [0.25, 0.3) is 0 Å². The lowest BCUT2D eigenvalue weighted by Crippen LogP contribution is -2.27. The van der Waals surface area contributed by atoms with Gasteiger partial charge in [-0.15, -0.1) is 6.58 Å². The molecule has 1 aliphatic carbocycles. The Labute approximate surface area is 110 Å². The van der Waals surface area contributed by atoms with Crippen LogP contribution in [0.15, 0.2) is 30.9 Å². The predicted molar refractivity (Wildman–Crippen MR) is 75.5 cm³/mol. The van der Waals surface area contributed by atoms with Crippen molar-refractivity contribution in [2.75, 3.05) is 13.1 Å².